The lowest BCUT2D eigenvalue weighted by atomic mass is 9.82. The largest absolute Gasteiger partial charge is 0.360 e. The molecule has 0 bridgehead atoms. The van der Waals surface area contributed by atoms with E-state index < -0.39 is 10.0 Å². The van der Waals surface area contributed by atoms with Crippen molar-refractivity contribution in [2.45, 2.75) is 44.9 Å². The van der Waals surface area contributed by atoms with Crippen molar-refractivity contribution in [3.05, 3.63) is 23.0 Å². The minimum absolute atomic E-state index is 0.0737. The lowest BCUT2D eigenvalue weighted by Crippen LogP contribution is -2.44. The molecule has 0 spiro atoms. The third kappa shape index (κ3) is 4.22. The second-order valence-electron chi connectivity index (χ2n) is 6.82. The Hall–Kier alpha value is -1.78. The number of sulfonamides is 1. The maximum Gasteiger partial charge on any atom is 0.248 e. The summed E-state index contributed by atoms with van der Waals surface area (Å²) in [4.78, 5) is 16.5. The van der Waals surface area contributed by atoms with E-state index in [1.54, 1.807) is 20.0 Å². The number of anilines is 1. The number of rotatable bonds is 6. The molecule has 2 aromatic rings. The Morgan fingerprint density at radius 1 is 1.41 bits per heavy atom. The Balaban J connectivity index is 1.68. The first-order valence-corrected chi connectivity index (χ1v) is 11.3. The number of aryl methyl sites for hydroxylation is 2. The Labute approximate surface area is 163 Å². The van der Waals surface area contributed by atoms with E-state index in [2.05, 4.69) is 15.5 Å². The molecule has 8 nitrogen and oxygen atoms in total. The second kappa shape index (κ2) is 8.07. The molecule has 27 heavy (non-hydrogen) atoms. The molecular formula is C17H24N4O4S2. The maximum absolute atomic E-state index is 13.0. The SMILES string of the molecule is CC[C@H]1CN(S(=O)(=O)c2c(C)noc2C)CC[C@H]1CC(=O)Nc1nccs1. The van der Waals surface area contributed by atoms with Gasteiger partial charge >= 0.3 is 0 Å². The number of nitrogens with zero attached hydrogens (tertiary/aromatic N) is 3. The van der Waals surface area contributed by atoms with Gasteiger partial charge in [0.2, 0.25) is 15.9 Å². The number of piperidine rings is 1. The van der Waals surface area contributed by atoms with E-state index >= 15 is 0 Å². The summed E-state index contributed by atoms with van der Waals surface area (Å²) in [5.41, 5.74) is 0.380. The molecule has 3 heterocycles. The fourth-order valence-corrected chi connectivity index (χ4v) is 6.01. The molecule has 10 heteroatoms. The number of hydrogen-bond acceptors (Lipinski definition) is 7. The second-order valence-corrected chi connectivity index (χ2v) is 9.59. The molecular weight excluding hydrogens is 388 g/mol. The van der Waals surface area contributed by atoms with E-state index in [1.165, 1.54) is 15.6 Å². The summed E-state index contributed by atoms with van der Waals surface area (Å²) in [6, 6.07) is 0. The van der Waals surface area contributed by atoms with Crippen LogP contribution in [0.2, 0.25) is 0 Å². The number of nitrogens with one attached hydrogen (secondary N) is 1. The van der Waals surface area contributed by atoms with Crippen LogP contribution in [0.4, 0.5) is 5.13 Å². The number of amides is 1. The molecule has 1 fully saturated rings. The molecule has 0 radical (unpaired) electrons. The predicted octanol–water partition coefficient (Wildman–Crippen LogP) is 2.81. The standard InChI is InChI=1S/C17H24N4O4S2/c1-4-13-10-21(27(23,24)16-11(2)20-25-12(16)3)7-5-14(13)9-15(22)19-17-18-6-8-26-17/h6,8,13-14H,4-5,7,9-10H2,1-3H3,(H,18,19,22)/t13-,14-/m0/s1. The molecule has 0 unspecified atom stereocenters. The van der Waals surface area contributed by atoms with Gasteiger partial charge < -0.3 is 9.84 Å². The van der Waals surface area contributed by atoms with E-state index in [4.69, 9.17) is 4.52 Å². The van der Waals surface area contributed by atoms with Gasteiger partial charge in [-0.3, -0.25) is 4.79 Å². The lowest BCUT2D eigenvalue weighted by molar-refractivity contribution is -0.117. The van der Waals surface area contributed by atoms with Crippen LogP contribution in [0.1, 0.15) is 37.6 Å². The number of carbonyl (C=O) groups excluding carboxylic acids is 1. The Morgan fingerprint density at radius 2 is 2.19 bits per heavy atom. The van der Waals surface area contributed by atoms with Crippen LogP contribution in [-0.4, -0.2) is 41.9 Å². The Kier molecular flexibility index (Phi) is 5.97. The van der Waals surface area contributed by atoms with Crippen molar-refractivity contribution in [2.75, 3.05) is 18.4 Å². The highest BCUT2D eigenvalue weighted by Gasteiger charge is 2.38. The third-order valence-corrected chi connectivity index (χ3v) is 7.87. The Morgan fingerprint density at radius 3 is 2.78 bits per heavy atom. The van der Waals surface area contributed by atoms with E-state index in [-0.39, 0.29) is 22.6 Å². The molecule has 1 N–H and O–H groups in total. The molecule has 1 aliphatic heterocycles. The zero-order valence-electron chi connectivity index (χ0n) is 15.6. The summed E-state index contributed by atoms with van der Waals surface area (Å²) in [7, 11) is -3.65. The number of hydrogen-bond donors (Lipinski definition) is 1. The van der Waals surface area contributed by atoms with Crippen LogP contribution in [0.3, 0.4) is 0 Å². The molecule has 1 amide bonds. The van der Waals surface area contributed by atoms with Crippen molar-refractivity contribution in [1.82, 2.24) is 14.4 Å². The van der Waals surface area contributed by atoms with Gasteiger partial charge in [-0.1, -0.05) is 18.5 Å². The van der Waals surface area contributed by atoms with E-state index in [1.807, 2.05) is 12.3 Å². The van der Waals surface area contributed by atoms with Crippen LogP contribution in [0.5, 0.6) is 0 Å². The highest BCUT2D eigenvalue weighted by molar-refractivity contribution is 7.89. The van der Waals surface area contributed by atoms with E-state index in [0.29, 0.717) is 42.5 Å². The summed E-state index contributed by atoms with van der Waals surface area (Å²) >= 11 is 1.38. The number of carbonyl (C=O) groups is 1. The summed E-state index contributed by atoms with van der Waals surface area (Å²) in [5, 5.41) is 8.97. The van der Waals surface area contributed by atoms with Gasteiger partial charge in [0, 0.05) is 31.1 Å². The smallest absolute Gasteiger partial charge is 0.248 e. The van der Waals surface area contributed by atoms with Crippen molar-refractivity contribution in [3.8, 4) is 0 Å². The molecule has 0 saturated carbocycles. The van der Waals surface area contributed by atoms with Crippen LogP contribution >= 0.6 is 11.3 Å². The predicted molar refractivity (Wildman–Crippen MR) is 102 cm³/mol. The fraction of sp³-hybridized carbons (Fsp3) is 0.588. The highest BCUT2D eigenvalue weighted by Crippen LogP contribution is 2.33. The molecule has 148 valence electrons. The summed E-state index contributed by atoms with van der Waals surface area (Å²) in [5.74, 6) is 0.503. The van der Waals surface area contributed by atoms with Gasteiger partial charge in [-0.2, -0.15) is 4.31 Å². The van der Waals surface area contributed by atoms with E-state index in [0.717, 1.165) is 6.42 Å². The van der Waals surface area contributed by atoms with Gasteiger partial charge in [0.1, 0.15) is 10.6 Å². The van der Waals surface area contributed by atoms with Gasteiger partial charge in [-0.15, -0.1) is 11.3 Å². The molecule has 0 aliphatic carbocycles. The van der Waals surface area contributed by atoms with Gasteiger partial charge in [0.25, 0.3) is 0 Å². The molecule has 1 aliphatic rings. The first-order chi connectivity index (χ1) is 12.8. The normalized spacial score (nSPS) is 21.3. The first-order valence-electron chi connectivity index (χ1n) is 8.95. The maximum atomic E-state index is 13.0. The highest BCUT2D eigenvalue weighted by atomic mass is 32.2. The summed E-state index contributed by atoms with van der Waals surface area (Å²) in [6.07, 6.45) is 3.47. The van der Waals surface area contributed by atoms with Crippen LogP contribution in [0.15, 0.2) is 21.0 Å². The van der Waals surface area contributed by atoms with Gasteiger partial charge in [0.05, 0.1) is 0 Å². The van der Waals surface area contributed by atoms with Crippen molar-refractivity contribution in [1.29, 1.82) is 0 Å². The quantitative estimate of drug-likeness (QED) is 0.782. The van der Waals surface area contributed by atoms with Gasteiger partial charge in [-0.05, 0) is 32.1 Å². The zero-order chi connectivity index (χ0) is 19.6. The van der Waals surface area contributed by atoms with Crippen LogP contribution < -0.4 is 5.32 Å². The van der Waals surface area contributed by atoms with Crippen molar-refractivity contribution < 1.29 is 17.7 Å². The lowest BCUT2D eigenvalue weighted by Gasteiger charge is -2.37. The summed E-state index contributed by atoms with van der Waals surface area (Å²) < 4.78 is 32.6. The van der Waals surface area contributed by atoms with Crippen LogP contribution in [0.25, 0.3) is 0 Å². The third-order valence-electron chi connectivity index (χ3n) is 5.07. The number of thiazole rings is 1. The van der Waals surface area contributed by atoms with Crippen molar-refractivity contribution in [2.24, 2.45) is 11.8 Å². The summed E-state index contributed by atoms with van der Waals surface area (Å²) in [6.45, 7) is 6.06. The molecule has 2 aromatic heterocycles. The zero-order valence-corrected chi connectivity index (χ0v) is 17.3. The van der Waals surface area contributed by atoms with Crippen LogP contribution in [-0.2, 0) is 14.8 Å². The van der Waals surface area contributed by atoms with Crippen LogP contribution in [0, 0.1) is 25.7 Å². The average molecular weight is 413 g/mol. The molecule has 0 aromatic carbocycles. The molecule has 2 atom stereocenters. The molecule has 3 rings (SSSR count). The minimum Gasteiger partial charge on any atom is -0.360 e. The fourth-order valence-electron chi connectivity index (χ4n) is 3.66. The van der Waals surface area contributed by atoms with Crippen molar-refractivity contribution in [3.63, 3.8) is 0 Å². The number of aromatic nitrogens is 2. The monoisotopic (exact) mass is 412 g/mol. The minimum atomic E-state index is -3.65. The first kappa shape index (κ1) is 20.0. The average Bonchev–Trinajstić information content (AvgIpc) is 3.24. The van der Waals surface area contributed by atoms with Crippen molar-refractivity contribution >= 4 is 32.4 Å². The van der Waals surface area contributed by atoms with Gasteiger partial charge in [0.15, 0.2) is 10.9 Å². The van der Waals surface area contributed by atoms with E-state index in [9.17, 15) is 13.2 Å². The molecule has 1 saturated heterocycles. The topological polar surface area (TPSA) is 105 Å². The Bertz CT molecular complexity index is 873. The van der Waals surface area contributed by atoms with Gasteiger partial charge in [-0.25, -0.2) is 13.4 Å².